The molecular formula is C15H10NO2. The highest BCUT2D eigenvalue weighted by molar-refractivity contribution is 6.22. The minimum atomic E-state index is -0.363. The number of benzene rings is 2. The molecule has 87 valence electrons. The van der Waals surface area contributed by atoms with Crippen molar-refractivity contribution in [3.05, 3.63) is 66.1 Å². The molecule has 1 aliphatic rings. The number of carbonyl (C=O) groups excluding carboxylic acids is 2. The monoisotopic (exact) mass is 236 g/mol. The fourth-order valence-corrected chi connectivity index (χ4v) is 2.22. The molecular weight excluding hydrogens is 226 g/mol. The van der Waals surface area contributed by atoms with E-state index in [0.717, 1.165) is 11.1 Å². The smallest absolute Gasteiger partial charge is 0.259 e. The molecule has 1 N–H and O–H groups in total. The molecule has 0 fully saturated rings. The van der Waals surface area contributed by atoms with Crippen LogP contribution in [0.3, 0.4) is 0 Å². The largest absolute Gasteiger partial charge is 0.288 e. The SMILES string of the molecule is [CH2]c1c(-c2ccccc2)ccc2c1C(=O)NC2=O. The van der Waals surface area contributed by atoms with Crippen molar-refractivity contribution in [2.24, 2.45) is 0 Å². The van der Waals surface area contributed by atoms with Gasteiger partial charge < -0.3 is 0 Å². The average molecular weight is 236 g/mol. The molecule has 0 atom stereocenters. The van der Waals surface area contributed by atoms with Crippen molar-refractivity contribution in [2.75, 3.05) is 0 Å². The van der Waals surface area contributed by atoms with Gasteiger partial charge in [-0.3, -0.25) is 14.9 Å². The summed E-state index contributed by atoms with van der Waals surface area (Å²) >= 11 is 0. The second-order valence-corrected chi connectivity index (χ2v) is 4.16. The van der Waals surface area contributed by atoms with E-state index in [-0.39, 0.29) is 11.8 Å². The Bertz CT molecular complexity index is 660. The Morgan fingerprint density at radius 2 is 1.50 bits per heavy atom. The first-order chi connectivity index (χ1) is 8.68. The maximum absolute atomic E-state index is 11.7. The van der Waals surface area contributed by atoms with Gasteiger partial charge in [0.05, 0.1) is 11.1 Å². The fraction of sp³-hybridized carbons (Fsp3) is 0. The molecule has 2 amide bonds. The average Bonchev–Trinajstić information content (AvgIpc) is 2.67. The Morgan fingerprint density at radius 1 is 0.833 bits per heavy atom. The third-order valence-corrected chi connectivity index (χ3v) is 3.10. The zero-order chi connectivity index (χ0) is 12.7. The summed E-state index contributed by atoms with van der Waals surface area (Å²) in [5.74, 6) is -0.711. The Hall–Kier alpha value is -2.42. The summed E-state index contributed by atoms with van der Waals surface area (Å²) in [5, 5.41) is 2.28. The lowest BCUT2D eigenvalue weighted by Crippen LogP contribution is -2.20. The lowest BCUT2D eigenvalue weighted by atomic mass is 9.94. The van der Waals surface area contributed by atoms with Crippen LogP contribution < -0.4 is 5.32 Å². The molecule has 1 aliphatic heterocycles. The van der Waals surface area contributed by atoms with Crippen molar-refractivity contribution >= 4 is 11.8 Å². The van der Waals surface area contributed by atoms with E-state index in [4.69, 9.17) is 0 Å². The van der Waals surface area contributed by atoms with Gasteiger partial charge in [-0.1, -0.05) is 36.4 Å². The van der Waals surface area contributed by atoms with Gasteiger partial charge in [0.15, 0.2) is 0 Å². The maximum atomic E-state index is 11.7. The van der Waals surface area contributed by atoms with Gasteiger partial charge in [-0.15, -0.1) is 0 Å². The minimum absolute atomic E-state index is 0.348. The summed E-state index contributed by atoms with van der Waals surface area (Å²) in [4.78, 5) is 23.2. The standard InChI is InChI=1S/C15H10NO2/c1-9-11(10-5-3-2-4-6-10)7-8-12-13(9)15(18)16-14(12)17/h2-8H,1H2,(H,16,17,18). The summed E-state index contributed by atoms with van der Waals surface area (Å²) < 4.78 is 0. The molecule has 0 aliphatic carbocycles. The number of imide groups is 1. The predicted molar refractivity (Wildman–Crippen MR) is 68.1 cm³/mol. The van der Waals surface area contributed by atoms with Crippen LogP contribution in [0.1, 0.15) is 26.3 Å². The van der Waals surface area contributed by atoms with Gasteiger partial charge >= 0.3 is 0 Å². The quantitative estimate of drug-likeness (QED) is 0.773. The molecule has 0 saturated heterocycles. The van der Waals surface area contributed by atoms with Crippen molar-refractivity contribution in [1.82, 2.24) is 5.32 Å². The molecule has 3 nitrogen and oxygen atoms in total. The Labute approximate surface area is 104 Å². The number of nitrogens with one attached hydrogen (secondary N) is 1. The van der Waals surface area contributed by atoms with Crippen LogP contribution in [0.2, 0.25) is 0 Å². The number of carbonyl (C=O) groups is 2. The molecule has 1 radical (unpaired) electrons. The van der Waals surface area contributed by atoms with Crippen LogP contribution in [0.5, 0.6) is 0 Å². The van der Waals surface area contributed by atoms with Gasteiger partial charge in [-0.2, -0.15) is 0 Å². The molecule has 0 aromatic heterocycles. The van der Waals surface area contributed by atoms with Crippen LogP contribution in [-0.4, -0.2) is 11.8 Å². The maximum Gasteiger partial charge on any atom is 0.259 e. The van der Waals surface area contributed by atoms with Crippen LogP contribution in [0.4, 0.5) is 0 Å². The van der Waals surface area contributed by atoms with E-state index in [2.05, 4.69) is 12.2 Å². The van der Waals surface area contributed by atoms with Gasteiger partial charge in [0.1, 0.15) is 0 Å². The van der Waals surface area contributed by atoms with Gasteiger partial charge in [0, 0.05) is 0 Å². The van der Waals surface area contributed by atoms with Crippen LogP contribution in [-0.2, 0) is 0 Å². The Balaban J connectivity index is 2.24. The third kappa shape index (κ3) is 1.44. The van der Waals surface area contributed by atoms with Crippen molar-refractivity contribution in [3.8, 4) is 11.1 Å². The van der Waals surface area contributed by atoms with Gasteiger partial charge in [0.2, 0.25) is 0 Å². The predicted octanol–water partition coefficient (Wildman–Crippen LogP) is 2.42. The molecule has 18 heavy (non-hydrogen) atoms. The topological polar surface area (TPSA) is 46.2 Å². The second kappa shape index (κ2) is 3.81. The Kier molecular flexibility index (Phi) is 2.27. The zero-order valence-corrected chi connectivity index (χ0v) is 9.57. The fourth-order valence-electron chi connectivity index (χ4n) is 2.22. The highest BCUT2D eigenvalue weighted by Crippen LogP contribution is 2.29. The van der Waals surface area contributed by atoms with Crippen LogP contribution in [0, 0.1) is 6.92 Å². The summed E-state index contributed by atoms with van der Waals surface area (Å²) in [6.45, 7) is 3.94. The van der Waals surface area contributed by atoms with E-state index in [1.54, 1.807) is 6.07 Å². The molecule has 0 unspecified atom stereocenters. The van der Waals surface area contributed by atoms with Gasteiger partial charge in [-0.25, -0.2) is 0 Å². The van der Waals surface area contributed by atoms with Crippen molar-refractivity contribution in [2.45, 2.75) is 0 Å². The van der Waals surface area contributed by atoms with Crippen molar-refractivity contribution in [1.29, 1.82) is 0 Å². The van der Waals surface area contributed by atoms with E-state index in [1.807, 2.05) is 36.4 Å². The number of hydrogen-bond acceptors (Lipinski definition) is 2. The second-order valence-electron chi connectivity index (χ2n) is 4.16. The van der Waals surface area contributed by atoms with Crippen LogP contribution in [0.15, 0.2) is 42.5 Å². The van der Waals surface area contributed by atoms with E-state index in [0.29, 0.717) is 16.7 Å². The van der Waals surface area contributed by atoms with Crippen molar-refractivity contribution in [3.63, 3.8) is 0 Å². The summed E-state index contributed by atoms with van der Waals surface area (Å²) in [6.07, 6.45) is 0. The summed E-state index contributed by atoms with van der Waals surface area (Å²) in [7, 11) is 0. The number of hydrogen-bond donors (Lipinski definition) is 1. The molecule has 3 rings (SSSR count). The van der Waals surface area contributed by atoms with Crippen molar-refractivity contribution < 1.29 is 9.59 Å². The number of amides is 2. The normalized spacial score (nSPS) is 13.4. The van der Waals surface area contributed by atoms with Crippen LogP contribution >= 0.6 is 0 Å². The highest BCUT2D eigenvalue weighted by Gasteiger charge is 2.29. The minimum Gasteiger partial charge on any atom is -0.288 e. The number of fused-ring (bicyclic) bond motifs is 1. The Morgan fingerprint density at radius 3 is 2.22 bits per heavy atom. The molecule has 2 aromatic carbocycles. The molecule has 1 heterocycles. The first-order valence-electron chi connectivity index (χ1n) is 5.58. The molecule has 3 heteroatoms. The molecule has 0 spiro atoms. The van der Waals surface area contributed by atoms with E-state index in [1.165, 1.54) is 0 Å². The number of rotatable bonds is 1. The lowest BCUT2D eigenvalue weighted by molar-refractivity contribution is 0.0879. The highest BCUT2D eigenvalue weighted by atomic mass is 16.2. The molecule has 0 saturated carbocycles. The van der Waals surface area contributed by atoms with Gasteiger partial charge in [-0.05, 0) is 29.7 Å². The van der Waals surface area contributed by atoms with E-state index >= 15 is 0 Å². The third-order valence-electron chi connectivity index (χ3n) is 3.10. The summed E-state index contributed by atoms with van der Waals surface area (Å²) in [6, 6.07) is 13.2. The van der Waals surface area contributed by atoms with Gasteiger partial charge in [0.25, 0.3) is 11.8 Å². The zero-order valence-electron chi connectivity index (χ0n) is 9.57. The molecule has 0 bridgehead atoms. The lowest BCUT2D eigenvalue weighted by Gasteiger charge is -2.08. The van der Waals surface area contributed by atoms with E-state index < -0.39 is 0 Å². The summed E-state index contributed by atoms with van der Waals surface area (Å²) in [5.41, 5.74) is 3.25. The first-order valence-corrected chi connectivity index (χ1v) is 5.58. The van der Waals surface area contributed by atoms with Crippen LogP contribution in [0.25, 0.3) is 11.1 Å². The van der Waals surface area contributed by atoms with E-state index in [9.17, 15) is 9.59 Å². The first kappa shape index (κ1) is 10.7. The molecule has 2 aromatic rings.